The standard InChI is InChI=1S/C17H23F3N4O2.HI/c1-21-16(22-5-4-17(18,19)20)24-8-6-23(7-9-24)11-13-2-3-14-15(10-13)26-12-25-14;/h2-3,10H,4-9,11-12H2,1H3,(H,21,22);1H. The Morgan fingerprint density at radius 1 is 1.15 bits per heavy atom. The topological polar surface area (TPSA) is 49.3 Å². The van der Waals surface area contributed by atoms with Crippen molar-refractivity contribution in [3.63, 3.8) is 0 Å². The fraction of sp³-hybridized carbons (Fsp3) is 0.588. The minimum Gasteiger partial charge on any atom is -0.454 e. The van der Waals surface area contributed by atoms with Crippen LogP contribution in [0.1, 0.15) is 12.0 Å². The minimum atomic E-state index is -4.16. The number of benzene rings is 1. The summed E-state index contributed by atoms with van der Waals surface area (Å²) in [6.45, 7) is 3.96. The monoisotopic (exact) mass is 500 g/mol. The lowest BCUT2D eigenvalue weighted by Crippen LogP contribution is -2.52. The third kappa shape index (κ3) is 6.30. The smallest absolute Gasteiger partial charge is 0.390 e. The zero-order valence-corrected chi connectivity index (χ0v) is 17.4. The lowest BCUT2D eigenvalue weighted by Gasteiger charge is -2.36. The van der Waals surface area contributed by atoms with Crippen LogP contribution in [0.4, 0.5) is 13.2 Å². The molecule has 0 atom stereocenters. The van der Waals surface area contributed by atoms with Gasteiger partial charge in [-0.1, -0.05) is 6.07 Å². The van der Waals surface area contributed by atoms with E-state index in [2.05, 4.69) is 15.2 Å². The van der Waals surface area contributed by atoms with Gasteiger partial charge in [0.15, 0.2) is 17.5 Å². The zero-order valence-electron chi connectivity index (χ0n) is 15.1. The lowest BCUT2D eigenvalue weighted by molar-refractivity contribution is -0.132. The molecule has 0 radical (unpaired) electrons. The van der Waals surface area contributed by atoms with Gasteiger partial charge in [-0.05, 0) is 17.7 Å². The summed E-state index contributed by atoms with van der Waals surface area (Å²) in [6.07, 6.45) is -5.02. The molecule has 0 aromatic heterocycles. The summed E-state index contributed by atoms with van der Waals surface area (Å²) in [4.78, 5) is 8.39. The number of halogens is 4. The van der Waals surface area contributed by atoms with Gasteiger partial charge in [0, 0.05) is 46.3 Å². The highest BCUT2D eigenvalue weighted by Crippen LogP contribution is 2.32. The van der Waals surface area contributed by atoms with E-state index in [0.717, 1.165) is 49.8 Å². The van der Waals surface area contributed by atoms with Crippen molar-refractivity contribution in [3.05, 3.63) is 23.8 Å². The van der Waals surface area contributed by atoms with Crippen LogP contribution in [0.15, 0.2) is 23.2 Å². The van der Waals surface area contributed by atoms with Gasteiger partial charge in [-0.2, -0.15) is 13.2 Å². The number of nitrogens with zero attached hydrogens (tertiary/aromatic N) is 3. The third-order valence-electron chi connectivity index (χ3n) is 4.42. The SMILES string of the molecule is CN=C(NCCC(F)(F)F)N1CCN(Cc2ccc3c(c2)OCO3)CC1.I. The van der Waals surface area contributed by atoms with E-state index >= 15 is 0 Å². The molecule has 10 heteroatoms. The Kier molecular flexibility index (Phi) is 7.83. The Morgan fingerprint density at radius 2 is 1.85 bits per heavy atom. The highest BCUT2D eigenvalue weighted by molar-refractivity contribution is 14.0. The van der Waals surface area contributed by atoms with Crippen molar-refractivity contribution in [3.8, 4) is 11.5 Å². The maximum Gasteiger partial charge on any atom is 0.390 e. The molecule has 2 heterocycles. The zero-order chi connectivity index (χ0) is 18.6. The molecular weight excluding hydrogens is 476 g/mol. The van der Waals surface area contributed by atoms with Crippen LogP contribution in [0.25, 0.3) is 0 Å². The average Bonchev–Trinajstić information content (AvgIpc) is 3.06. The molecule has 2 aliphatic rings. The summed E-state index contributed by atoms with van der Waals surface area (Å²) in [6, 6.07) is 5.93. The van der Waals surface area contributed by atoms with Gasteiger partial charge >= 0.3 is 6.18 Å². The van der Waals surface area contributed by atoms with Crippen molar-refractivity contribution >= 4 is 29.9 Å². The molecule has 1 N–H and O–H groups in total. The van der Waals surface area contributed by atoms with Gasteiger partial charge in [0.05, 0.1) is 6.42 Å². The third-order valence-corrected chi connectivity index (χ3v) is 4.42. The van der Waals surface area contributed by atoms with Crippen molar-refractivity contribution in [2.24, 2.45) is 4.99 Å². The van der Waals surface area contributed by atoms with Crippen LogP contribution < -0.4 is 14.8 Å². The first-order valence-corrected chi connectivity index (χ1v) is 8.58. The normalized spacial score (nSPS) is 17.6. The Bertz CT molecular complexity index is 650. The molecule has 3 rings (SSSR count). The van der Waals surface area contributed by atoms with Crippen molar-refractivity contribution in [2.75, 3.05) is 46.6 Å². The molecule has 0 spiro atoms. The first kappa shape index (κ1) is 21.9. The number of rotatable bonds is 4. The molecule has 2 aliphatic heterocycles. The van der Waals surface area contributed by atoms with Crippen LogP contribution in [-0.2, 0) is 6.54 Å². The van der Waals surface area contributed by atoms with Crippen LogP contribution in [0.5, 0.6) is 11.5 Å². The van der Waals surface area contributed by atoms with Crippen LogP contribution in [0.3, 0.4) is 0 Å². The lowest BCUT2D eigenvalue weighted by atomic mass is 10.1. The quantitative estimate of drug-likeness (QED) is 0.392. The van der Waals surface area contributed by atoms with Crippen LogP contribution in [0, 0.1) is 0 Å². The summed E-state index contributed by atoms with van der Waals surface area (Å²) in [7, 11) is 1.59. The van der Waals surface area contributed by atoms with E-state index in [1.165, 1.54) is 0 Å². The fourth-order valence-corrected chi connectivity index (χ4v) is 3.06. The fourth-order valence-electron chi connectivity index (χ4n) is 3.06. The molecule has 0 unspecified atom stereocenters. The van der Waals surface area contributed by atoms with Gasteiger partial charge in [0.1, 0.15) is 0 Å². The van der Waals surface area contributed by atoms with E-state index in [4.69, 9.17) is 9.47 Å². The van der Waals surface area contributed by atoms with E-state index in [0.29, 0.717) is 5.96 Å². The first-order valence-electron chi connectivity index (χ1n) is 8.58. The number of nitrogens with one attached hydrogen (secondary N) is 1. The number of piperazine rings is 1. The van der Waals surface area contributed by atoms with Crippen molar-refractivity contribution in [1.29, 1.82) is 0 Å². The van der Waals surface area contributed by atoms with Gasteiger partial charge in [-0.25, -0.2) is 0 Å². The average molecular weight is 500 g/mol. The highest BCUT2D eigenvalue weighted by Gasteiger charge is 2.27. The first-order chi connectivity index (χ1) is 12.4. The summed E-state index contributed by atoms with van der Waals surface area (Å²) >= 11 is 0. The van der Waals surface area contributed by atoms with E-state index in [1.54, 1.807) is 7.05 Å². The van der Waals surface area contributed by atoms with Crippen LogP contribution in [-0.4, -0.2) is 68.5 Å². The number of alkyl halides is 3. The van der Waals surface area contributed by atoms with Gasteiger partial charge in [-0.3, -0.25) is 9.89 Å². The number of fused-ring (bicyclic) bond motifs is 1. The minimum absolute atomic E-state index is 0. The molecule has 1 fully saturated rings. The second-order valence-electron chi connectivity index (χ2n) is 6.29. The van der Waals surface area contributed by atoms with Gasteiger partial charge in [0.25, 0.3) is 0 Å². The second-order valence-corrected chi connectivity index (χ2v) is 6.29. The molecule has 1 aromatic carbocycles. The summed E-state index contributed by atoms with van der Waals surface area (Å²) in [5.74, 6) is 2.07. The van der Waals surface area contributed by atoms with Gasteiger partial charge < -0.3 is 19.7 Å². The van der Waals surface area contributed by atoms with Crippen molar-refractivity contribution in [1.82, 2.24) is 15.1 Å². The maximum absolute atomic E-state index is 12.3. The van der Waals surface area contributed by atoms with E-state index < -0.39 is 12.6 Å². The molecule has 6 nitrogen and oxygen atoms in total. The molecule has 0 saturated carbocycles. The highest BCUT2D eigenvalue weighted by atomic mass is 127. The predicted octanol–water partition coefficient (Wildman–Crippen LogP) is 2.68. The Balaban J connectivity index is 0.00000261. The number of guanidine groups is 1. The molecule has 27 heavy (non-hydrogen) atoms. The molecule has 0 amide bonds. The van der Waals surface area contributed by atoms with Crippen LogP contribution >= 0.6 is 24.0 Å². The summed E-state index contributed by atoms with van der Waals surface area (Å²) < 4.78 is 47.5. The van der Waals surface area contributed by atoms with E-state index in [9.17, 15) is 13.2 Å². The Hall–Kier alpha value is -1.43. The van der Waals surface area contributed by atoms with Crippen molar-refractivity contribution < 1.29 is 22.6 Å². The molecule has 0 aliphatic carbocycles. The number of ether oxygens (including phenoxy) is 2. The molecular formula is C17H24F3IN4O2. The number of hydrogen-bond donors (Lipinski definition) is 1. The second kappa shape index (κ2) is 9.67. The number of aliphatic imine (C=N–C) groups is 1. The summed E-state index contributed by atoms with van der Waals surface area (Å²) in [5, 5.41) is 2.80. The van der Waals surface area contributed by atoms with Gasteiger partial charge in [0.2, 0.25) is 6.79 Å². The van der Waals surface area contributed by atoms with Gasteiger partial charge in [-0.15, -0.1) is 24.0 Å². The predicted molar refractivity (Wildman–Crippen MR) is 107 cm³/mol. The molecule has 1 aromatic rings. The Morgan fingerprint density at radius 3 is 2.52 bits per heavy atom. The summed E-state index contributed by atoms with van der Waals surface area (Å²) in [5.41, 5.74) is 1.15. The Labute approximate surface area is 173 Å². The number of hydrogen-bond acceptors (Lipinski definition) is 4. The molecule has 152 valence electrons. The van der Waals surface area contributed by atoms with E-state index in [1.807, 2.05) is 23.1 Å². The van der Waals surface area contributed by atoms with Crippen LogP contribution in [0.2, 0.25) is 0 Å². The van der Waals surface area contributed by atoms with Crippen molar-refractivity contribution in [2.45, 2.75) is 19.1 Å². The van der Waals surface area contributed by atoms with E-state index in [-0.39, 0.29) is 37.3 Å². The maximum atomic E-state index is 12.3. The largest absolute Gasteiger partial charge is 0.454 e. The molecule has 1 saturated heterocycles. The molecule has 0 bridgehead atoms.